The molecule has 1 saturated heterocycles. The fraction of sp³-hybridized carbons (Fsp3) is 0.714. The Bertz CT molecular complexity index is 407. The summed E-state index contributed by atoms with van der Waals surface area (Å²) in [6.45, 7) is 4.38. The molecule has 19 heavy (non-hydrogen) atoms. The minimum atomic E-state index is 0.177. The lowest BCUT2D eigenvalue weighted by molar-refractivity contribution is 0.192. The molecule has 0 amide bonds. The summed E-state index contributed by atoms with van der Waals surface area (Å²) in [5.74, 6) is 0. The Balaban J connectivity index is 2.15. The average Bonchev–Trinajstić information content (AvgIpc) is 2.99. The highest BCUT2D eigenvalue weighted by atomic mass is 35.5. The number of nitrogens with zero attached hydrogens (tertiary/aromatic N) is 2. The van der Waals surface area contributed by atoms with Crippen molar-refractivity contribution in [3.8, 4) is 0 Å². The first-order valence-corrected chi connectivity index (χ1v) is 8.13. The molecule has 5 heteroatoms. The van der Waals surface area contributed by atoms with Crippen molar-refractivity contribution in [2.24, 2.45) is 5.73 Å². The Hall–Kier alpha value is -0.130. The fourth-order valence-electron chi connectivity index (χ4n) is 2.81. The third-order valence-electron chi connectivity index (χ3n) is 4.08. The molecule has 1 aliphatic rings. The molecule has 1 fully saturated rings. The molecule has 3 atom stereocenters. The van der Waals surface area contributed by atoms with E-state index in [1.165, 1.54) is 11.3 Å². The van der Waals surface area contributed by atoms with E-state index in [4.69, 9.17) is 17.3 Å². The number of hydrogen-bond acceptors (Lipinski definition) is 4. The van der Waals surface area contributed by atoms with E-state index in [1.807, 2.05) is 6.07 Å². The summed E-state index contributed by atoms with van der Waals surface area (Å²) in [5, 5.41) is 0. The highest BCUT2D eigenvalue weighted by Crippen LogP contribution is 2.35. The minimum Gasteiger partial charge on any atom is -0.326 e. The molecule has 3 unspecified atom stereocenters. The van der Waals surface area contributed by atoms with Crippen molar-refractivity contribution in [3.05, 3.63) is 21.3 Å². The summed E-state index contributed by atoms with van der Waals surface area (Å²) in [6, 6.07) is 5.25. The van der Waals surface area contributed by atoms with Gasteiger partial charge in [-0.05, 0) is 39.1 Å². The standard InChI is InChI=1S/C14H24ClN3S/c1-4-11(16)14(12-5-6-13(15)19-12)18-8-7-10(9-18)17(2)3/h5-6,10-11,14H,4,7-9,16H2,1-3H3. The molecule has 1 aromatic rings. The van der Waals surface area contributed by atoms with Crippen LogP contribution in [0.5, 0.6) is 0 Å². The molecule has 1 aliphatic heterocycles. The number of likely N-dealkylation sites (N-methyl/N-ethyl adjacent to an activating group) is 1. The van der Waals surface area contributed by atoms with E-state index in [0.717, 1.165) is 23.8 Å². The van der Waals surface area contributed by atoms with Crippen LogP contribution >= 0.6 is 22.9 Å². The highest BCUT2D eigenvalue weighted by Gasteiger charge is 2.33. The van der Waals surface area contributed by atoms with E-state index in [-0.39, 0.29) is 6.04 Å². The molecule has 0 spiro atoms. The van der Waals surface area contributed by atoms with Gasteiger partial charge in [0.25, 0.3) is 0 Å². The molecule has 2 N–H and O–H groups in total. The zero-order valence-corrected chi connectivity index (χ0v) is 13.5. The first kappa shape index (κ1) is 15.3. The smallest absolute Gasteiger partial charge is 0.0931 e. The fourth-order valence-corrected chi connectivity index (χ4v) is 4.09. The molecule has 2 heterocycles. The first-order chi connectivity index (χ1) is 9.02. The SMILES string of the molecule is CCC(N)C(c1ccc(Cl)s1)N1CCC(N(C)C)C1. The predicted molar refractivity (Wildman–Crippen MR) is 84.0 cm³/mol. The van der Waals surface area contributed by atoms with Crippen LogP contribution < -0.4 is 5.73 Å². The molecule has 108 valence electrons. The summed E-state index contributed by atoms with van der Waals surface area (Å²) in [7, 11) is 4.32. The summed E-state index contributed by atoms with van der Waals surface area (Å²) in [5.41, 5.74) is 6.37. The second-order valence-corrected chi connectivity index (χ2v) is 7.31. The summed E-state index contributed by atoms with van der Waals surface area (Å²) in [6.07, 6.45) is 2.21. The molecule has 0 bridgehead atoms. The largest absolute Gasteiger partial charge is 0.326 e. The average molecular weight is 302 g/mol. The van der Waals surface area contributed by atoms with Gasteiger partial charge in [-0.3, -0.25) is 4.90 Å². The lowest BCUT2D eigenvalue weighted by Crippen LogP contribution is -2.41. The Kier molecular flexibility index (Phi) is 5.26. The van der Waals surface area contributed by atoms with E-state index in [2.05, 4.69) is 36.9 Å². The molecule has 0 aliphatic carbocycles. The maximum atomic E-state index is 6.37. The van der Waals surface area contributed by atoms with Gasteiger partial charge in [-0.1, -0.05) is 18.5 Å². The molecular weight excluding hydrogens is 278 g/mol. The van der Waals surface area contributed by atoms with Gasteiger partial charge in [0.15, 0.2) is 0 Å². The van der Waals surface area contributed by atoms with Gasteiger partial charge < -0.3 is 10.6 Å². The molecule has 0 saturated carbocycles. The van der Waals surface area contributed by atoms with Crippen molar-refractivity contribution < 1.29 is 0 Å². The zero-order chi connectivity index (χ0) is 14.0. The number of halogens is 1. The summed E-state index contributed by atoms with van der Waals surface area (Å²) >= 11 is 7.76. The van der Waals surface area contributed by atoms with Gasteiger partial charge in [-0.15, -0.1) is 11.3 Å². The molecule has 0 aromatic carbocycles. The monoisotopic (exact) mass is 301 g/mol. The highest BCUT2D eigenvalue weighted by molar-refractivity contribution is 7.16. The van der Waals surface area contributed by atoms with E-state index < -0.39 is 0 Å². The summed E-state index contributed by atoms with van der Waals surface area (Å²) in [4.78, 5) is 6.15. The van der Waals surface area contributed by atoms with E-state index in [1.54, 1.807) is 11.3 Å². The van der Waals surface area contributed by atoms with Crippen LogP contribution in [0.3, 0.4) is 0 Å². The number of thiophene rings is 1. The number of hydrogen-bond donors (Lipinski definition) is 1. The quantitative estimate of drug-likeness (QED) is 0.908. The van der Waals surface area contributed by atoms with Crippen LogP contribution in [0.4, 0.5) is 0 Å². The van der Waals surface area contributed by atoms with Crippen LogP contribution in [0.2, 0.25) is 4.34 Å². The molecule has 1 aromatic heterocycles. The van der Waals surface area contributed by atoms with Crippen molar-refractivity contribution in [3.63, 3.8) is 0 Å². The second-order valence-electron chi connectivity index (χ2n) is 5.56. The van der Waals surface area contributed by atoms with Gasteiger partial charge in [0, 0.05) is 30.1 Å². The number of likely N-dealkylation sites (tertiary alicyclic amines) is 1. The first-order valence-electron chi connectivity index (χ1n) is 6.94. The van der Waals surface area contributed by atoms with Gasteiger partial charge in [0.2, 0.25) is 0 Å². The lowest BCUT2D eigenvalue weighted by Gasteiger charge is -2.32. The lowest BCUT2D eigenvalue weighted by atomic mass is 10.0. The van der Waals surface area contributed by atoms with Gasteiger partial charge in [-0.25, -0.2) is 0 Å². The Morgan fingerprint density at radius 3 is 2.74 bits per heavy atom. The van der Waals surface area contributed by atoms with Crippen LogP contribution in [0, 0.1) is 0 Å². The third kappa shape index (κ3) is 3.50. The second kappa shape index (κ2) is 6.55. The van der Waals surface area contributed by atoms with Crippen molar-refractivity contribution in [2.75, 3.05) is 27.2 Å². The van der Waals surface area contributed by atoms with Crippen molar-refractivity contribution in [2.45, 2.75) is 37.9 Å². The Morgan fingerprint density at radius 2 is 2.26 bits per heavy atom. The number of nitrogens with two attached hydrogens (primary N) is 1. The molecule has 0 radical (unpaired) electrons. The normalized spacial score (nSPS) is 24.0. The van der Waals surface area contributed by atoms with Crippen molar-refractivity contribution >= 4 is 22.9 Å². The van der Waals surface area contributed by atoms with E-state index in [0.29, 0.717) is 12.1 Å². The maximum absolute atomic E-state index is 6.37. The summed E-state index contributed by atoms with van der Waals surface area (Å²) < 4.78 is 0.853. The molecular formula is C14H24ClN3S. The van der Waals surface area contributed by atoms with E-state index >= 15 is 0 Å². The van der Waals surface area contributed by atoms with Crippen molar-refractivity contribution in [1.82, 2.24) is 9.80 Å². The third-order valence-corrected chi connectivity index (χ3v) is 5.38. The van der Waals surface area contributed by atoms with Crippen LogP contribution in [0.25, 0.3) is 0 Å². The van der Waals surface area contributed by atoms with Gasteiger partial charge in [0.05, 0.1) is 10.4 Å². The van der Waals surface area contributed by atoms with Gasteiger partial charge in [0.1, 0.15) is 0 Å². The maximum Gasteiger partial charge on any atom is 0.0931 e. The Labute approximate surface area is 125 Å². The van der Waals surface area contributed by atoms with Crippen molar-refractivity contribution in [1.29, 1.82) is 0 Å². The van der Waals surface area contributed by atoms with Crippen LogP contribution in [0.1, 0.15) is 30.7 Å². The van der Waals surface area contributed by atoms with Gasteiger partial charge >= 0.3 is 0 Å². The van der Waals surface area contributed by atoms with Crippen LogP contribution in [-0.4, -0.2) is 49.1 Å². The number of rotatable bonds is 5. The Morgan fingerprint density at radius 1 is 1.53 bits per heavy atom. The predicted octanol–water partition coefficient (Wildman–Crippen LogP) is 2.82. The van der Waals surface area contributed by atoms with E-state index in [9.17, 15) is 0 Å². The minimum absolute atomic E-state index is 0.177. The molecule has 3 nitrogen and oxygen atoms in total. The van der Waals surface area contributed by atoms with Crippen LogP contribution in [0.15, 0.2) is 12.1 Å². The molecule has 2 rings (SSSR count). The topological polar surface area (TPSA) is 32.5 Å². The van der Waals surface area contributed by atoms with Gasteiger partial charge in [-0.2, -0.15) is 0 Å². The van der Waals surface area contributed by atoms with Crippen LogP contribution in [-0.2, 0) is 0 Å². The zero-order valence-electron chi connectivity index (χ0n) is 12.0.